The van der Waals surface area contributed by atoms with Crippen molar-refractivity contribution < 1.29 is 27.8 Å². The second kappa shape index (κ2) is 7.61. The van der Waals surface area contributed by atoms with E-state index in [4.69, 9.17) is 9.84 Å². The number of carboxylic acids is 1. The largest absolute Gasteiger partial charge is 0.481 e. The van der Waals surface area contributed by atoms with Gasteiger partial charge < -0.3 is 9.84 Å². The van der Waals surface area contributed by atoms with E-state index in [1.807, 2.05) is 0 Å². The standard InChI is InChI=1S/C22H21F3N4O3/c1-20(2,19(30)31)12-32-16-8-7-15(11-26-16)13-3-5-14(6-4-13)17-27-18(29-28-17)21(9-10-21)22(23,24)25/h3-8,11H,9-10,12H2,1-2H3,(H,30,31)(H,27,28,29). The minimum absolute atomic E-state index is 0.00719. The number of alkyl halides is 3. The van der Waals surface area contributed by atoms with Gasteiger partial charge in [0, 0.05) is 23.4 Å². The normalized spacial score (nSPS) is 15.4. The molecule has 2 heterocycles. The SMILES string of the molecule is CC(C)(COc1ccc(-c2ccc(-c3nc(C4(C(F)(F)F)CC4)n[nH]3)cc2)cn1)C(=O)O. The highest BCUT2D eigenvalue weighted by molar-refractivity contribution is 5.73. The lowest BCUT2D eigenvalue weighted by molar-refractivity contribution is -0.162. The molecule has 1 aromatic carbocycles. The molecular weight excluding hydrogens is 425 g/mol. The number of nitrogens with one attached hydrogen (secondary N) is 1. The van der Waals surface area contributed by atoms with Gasteiger partial charge >= 0.3 is 12.1 Å². The van der Waals surface area contributed by atoms with E-state index in [1.54, 1.807) is 56.4 Å². The number of aliphatic carboxylic acids is 1. The van der Waals surface area contributed by atoms with Gasteiger partial charge in [0.05, 0.1) is 5.41 Å². The third kappa shape index (κ3) is 4.04. The Morgan fingerprint density at radius 2 is 1.72 bits per heavy atom. The fourth-order valence-electron chi connectivity index (χ4n) is 3.14. The van der Waals surface area contributed by atoms with Crippen LogP contribution in [0.15, 0.2) is 42.6 Å². The number of H-pyrrole nitrogens is 1. The third-order valence-corrected chi connectivity index (χ3v) is 5.59. The lowest BCUT2D eigenvalue weighted by atomic mass is 9.95. The van der Waals surface area contributed by atoms with Crippen molar-refractivity contribution in [1.82, 2.24) is 20.2 Å². The summed E-state index contributed by atoms with van der Waals surface area (Å²) in [5, 5.41) is 15.6. The van der Waals surface area contributed by atoms with E-state index in [0.29, 0.717) is 11.4 Å². The maximum absolute atomic E-state index is 13.3. The molecule has 10 heteroatoms. The summed E-state index contributed by atoms with van der Waals surface area (Å²) in [6, 6.07) is 10.5. The zero-order valence-corrected chi connectivity index (χ0v) is 17.4. The fraction of sp³-hybridized carbons (Fsp3) is 0.364. The molecule has 168 valence electrons. The van der Waals surface area contributed by atoms with Gasteiger partial charge in [-0.05, 0) is 38.3 Å². The van der Waals surface area contributed by atoms with Crippen LogP contribution >= 0.6 is 0 Å². The van der Waals surface area contributed by atoms with Crippen LogP contribution in [0.1, 0.15) is 32.5 Å². The van der Waals surface area contributed by atoms with E-state index in [1.165, 1.54) is 0 Å². The highest BCUT2D eigenvalue weighted by Gasteiger charge is 2.67. The highest BCUT2D eigenvalue weighted by Crippen LogP contribution is 2.57. The van der Waals surface area contributed by atoms with Gasteiger partial charge in [-0.2, -0.15) is 18.3 Å². The van der Waals surface area contributed by atoms with E-state index in [-0.39, 0.29) is 31.1 Å². The summed E-state index contributed by atoms with van der Waals surface area (Å²) in [6.07, 6.45) is -2.74. The summed E-state index contributed by atoms with van der Waals surface area (Å²) in [6.45, 7) is 3.12. The minimum Gasteiger partial charge on any atom is -0.481 e. The minimum atomic E-state index is -4.36. The average Bonchev–Trinajstić information content (AvgIpc) is 3.44. The molecule has 0 bridgehead atoms. The molecule has 3 aromatic rings. The van der Waals surface area contributed by atoms with Gasteiger partial charge in [-0.1, -0.05) is 24.3 Å². The van der Waals surface area contributed by atoms with Gasteiger partial charge in [0.15, 0.2) is 11.6 Å². The zero-order valence-electron chi connectivity index (χ0n) is 17.4. The monoisotopic (exact) mass is 446 g/mol. The zero-order chi connectivity index (χ0) is 23.1. The number of benzene rings is 1. The fourth-order valence-corrected chi connectivity index (χ4v) is 3.14. The van der Waals surface area contributed by atoms with Crippen molar-refractivity contribution in [3.63, 3.8) is 0 Å². The number of rotatable bonds is 7. The molecule has 1 aliphatic rings. The molecular formula is C22H21F3N4O3. The number of carbonyl (C=O) groups is 1. The van der Waals surface area contributed by atoms with Crippen LogP contribution in [0.5, 0.6) is 5.88 Å². The van der Waals surface area contributed by atoms with Gasteiger partial charge in [0.1, 0.15) is 12.0 Å². The van der Waals surface area contributed by atoms with Gasteiger partial charge in [0.25, 0.3) is 0 Å². The molecule has 0 amide bonds. The Bertz CT molecular complexity index is 1120. The molecule has 32 heavy (non-hydrogen) atoms. The van der Waals surface area contributed by atoms with Crippen molar-refractivity contribution in [2.24, 2.45) is 5.41 Å². The molecule has 4 rings (SSSR count). The number of pyridine rings is 1. The number of aromatic nitrogens is 4. The number of hydrogen-bond donors (Lipinski definition) is 2. The maximum Gasteiger partial charge on any atom is 0.401 e. The number of halogens is 3. The van der Waals surface area contributed by atoms with Crippen molar-refractivity contribution in [3.05, 3.63) is 48.4 Å². The van der Waals surface area contributed by atoms with Crippen LogP contribution in [-0.2, 0) is 10.2 Å². The number of nitrogens with zero attached hydrogens (tertiary/aromatic N) is 3. The molecule has 2 aromatic heterocycles. The van der Waals surface area contributed by atoms with E-state index >= 15 is 0 Å². The van der Waals surface area contributed by atoms with Crippen LogP contribution in [0, 0.1) is 5.41 Å². The van der Waals surface area contributed by atoms with Crippen molar-refractivity contribution >= 4 is 5.97 Å². The van der Waals surface area contributed by atoms with Gasteiger partial charge in [-0.25, -0.2) is 9.97 Å². The van der Waals surface area contributed by atoms with Gasteiger partial charge in [0.2, 0.25) is 5.88 Å². The predicted molar refractivity (Wildman–Crippen MR) is 109 cm³/mol. The molecule has 0 spiro atoms. The van der Waals surface area contributed by atoms with Crippen LogP contribution in [-0.4, -0.2) is 44.0 Å². The summed E-state index contributed by atoms with van der Waals surface area (Å²) in [5.41, 5.74) is -0.692. The molecule has 0 aliphatic heterocycles. The summed E-state index contributed by atoms with van der Waals surface area (Å²) in [5.74, 6) is -0.578. The Morgan fingerprint density at radius 1 is 1.09 bits per heavy atom. The summed E-state index contributed by atoms with van der Waals surface area (Å²) >= 11 is 0. The average molecular weight is 446 g/mol. The molecule has 7 nitrogen and oxygen atoms in total. The Morgan fingerprint density at radius 3 is 2.25 bits per heavy atom. The first-order valence-electron chi connectivity index (χ1n) is 9.95. The first-order chi connectivity index (χ1) is 15.0. The van der Waals surface area contributed by atoms with E-state index in [2.05, 4.69) is 20.2 Å². The Labute approximate surface area is 181 Å². The molecule has 0 radical (unpaired) electrons. The smallest absolute Gasteiger partial charge is 0.401 e. The first kappa shape index (κ1) is 21.8. The van der Waals surface area contributed by atoms with Gasteiger partial charge in [-0.3, -0.25) is 9.89 Å². The molecule has 0 saturated heterocycles. The van der Waals surface area contributed by atoms with Crippen molar-refractivity contribution in [3.8, 4) is 28.4 Å². The number of aromatic amines is 1. The maximum atomic E-state index is 13.3. The van der Waals surface area contributed by atoms with Crippen LogP contribution in [0.3, 0.4) is 0 Å². The Kier molecular flexibility index (Phi) is 5.18. The highest BCUT2D eigenvalue weighted by atomic mass is 19.4. The summed E-state index contributed by atoms with van der Waals surface area (Å²) in [4.78, 5) is 19.4. The van der Waals surface area contributed by atoms with Crippen molar-refractivity contribution in [1.29, 1.82) is 0 Å². The van der Waals surface area contributed by atoms with Crippen molar-refractivity contribution in [2.75, 3.05) is 6.61 Å². The second-order valence-electron chi connectivity index (χ2n) is 8.53. The van der Waals surface area contributed by atoms with E-state index < -0.39 is 23.0 Å². The molecule has 2 N–H and O–H groups in total. The molecule has 0 unspecified atom stereocenters. The number of hydrogen-bond acceptors (Lipinski definition) is 5. The molecule has 1 fully saturated rings. The lowest BCUT2D eigenvalue weighted by Gasteiger charge is -2.18. The van der Waals surface area contributed by atoms with Crippen molar-refractivity contribution in [2.45, 2.75) is 38.3 Å². The molecule has 1 aliphatic carbocycles. The second-order valence-corrected chi connectivity index (χ2v) is 8.53. The lowest BCUT2D eigenvalue weighted by Crippen LogP contribution is -2.30. The van der Waals surface area contributed by atoms with E-state index in [9.17, 15) is 18.0 Å². The Hall–Kier alpha value is -3.43. The van der Waals surface area contributed by atoms with Crippen LogP contribution in [0.25, 0.3) is 22.5 Å². The summed E-state index contributed by atoms with van der Waals surface area (Å²) in [7, 11) is 0. The number of carboxylic acid groups (broad SMARTS) is 1. The third-order valence-electron chi connectivity index (χ3n) is 5.59. The van der Waals surface area contributed by atoms with E-state index in [0.717, 1.165) is 11.1 Å². The predicted octanol–water partition coefficient (Wildman–Crippen LogP) is 4.62. The molecule has 0 atom stereocenters. The summed E-state index contributed by atoms with van der Waals surface area (Å²) < 4.78 is 45.3. The molecule has 1 saturated carbocycles. The van der Waals surface area contributed by atoms with Gasteiger partial charge in [-0.15, -0.1) is 0 Å². The quantitative estimate of drug-likeness (QED) is 0.549. The van der Waals surface area contributed by atoms with Crippen LogP contribution in [0.4, 0.5) is 13.2 Å². The first-order valence-corrected chi connectivity index (χ1v) is 9.95. The Balaban J connectivity index is 1.45. The topological polar surface area (TPSA) is 101 Å². The van der Waals surface area contributed by atoms with Crippen LogP contribution < -0.4 is 4.74 Å². The number of ether oxygens (including phenoxy) is 1. The van der Waals surface area contributed by atoms with Crippen LogP contribution in [0.2, 0.25) is 0 Å².